The summed E-state index contributed by atoms with van der Waals surface area (Å²) in [4.78, 5) is 24.6. The fourth-order valence-corrected chi connectivity index (χ4v) is 2.73. The Labute approximate surface area is 110 Å². The van der Waals surface area contributed by atoms with Crippen LogP contribution in [0.1, 0.15) is 13.8 Å². The van der Waals surface area contributed by atoms with Gasteiger partial charge in [0.2, 0.25) is 5.91 Å². The summed E-state index contributed by atoms with van der Waals surface area (Å²) in [7, 11) is 0. The number of hydrogen-bond donors (Lipinski definition) is 1. The van der Waals surface area contributed by atoms with E-state index in [1.165, 1.54) is 4.90 Å². The molecule has 5 nitrogen and oxygen atoms in total. The molecule has 2 atom stereocenters. The average molecular weight is 313 g/mol. The lowest BCUT2D eigenvalue weighted by Crippen LogP contribution is -2.47. The maximum Gasteiger partial charge on any atom is 0.329 e. The van der Waals surface area contributed by atoms with Crippen LogP contribution in [0.15, 0.2) is 0 Å². The number of ether oxygens (including phenoxy) is 1. The number of amides is 1. The third-order valence-electron chi connectivity index (χ3n) is 2.24. The van der Waals surface area contributed by atoms with Crippen molar-refractivity contribution < 1.29 is 14.3 Å². The minimum absolute atomic E-state index is 0. The topological polar surface area (TPSA) is 72.6 Å². The first-order chi connectivity index (χ1) is 7.11. The van der Waals surface area contributed by atoms with Crippen molar-refractivity contribution in [1.82, 2.24) is 4.90 Å². The monoisotopic (exact) mass is 312 g/mol. The molecular weight excluding hydrogens is 296 g/mol. The Morgan fingerprint density at radius 1 is 1.56 bits per heavy atom. The maximum absolute atomic E-state index is 11.6. The van der Waals surface area contributed by atoms with Gasteiger partial charge in [0.25, 0.3) is 0 Å². The van der Waals surface area contributed by atoms with E-state index in [0.717, 1.165) is 0 Å². The van der Waals surface area contributed by atoms with Crippen LogP contribution in [0.3, 0.4) is 0 Å². The van der Waals surface area contributed by atoms with E-state index < -0.39 is 6.04 Å². The van der Waals surface area contributed by atoms with E-state index >= 15 is 0 Å². The SMILES string of the molecule is Br.CCOC(=O)C1CSC(C)N1C(=O)CN. The van der Waals surface area contributed by atoms with E-state index in [1.54, 1.807) is 18.7 Å². The van der Waals surface area contributed by atoms with Crippen LogP contribution in [-0.4, -0.2) is 47.1 Å². The Bertz CT molecular complexity index is 265. The number of carbonyl (C=O) groups excluding carboxylic acids is 2. The molecule has 1 saturated heterocycles. The van der Waals surface area contributed by atoms with Gasteiger partial charge >= 0.3 is 5.97 Å². The Morgan fingerprint density at radius 3 is 2.69 bits per heavy atom. The molecule has 0 saturated carbocycles. The molecule has 0 spiro atoms. The number of carbonyl (C=O) groups is 2. The molecule has 94 valence electrons. The van der Waals surface area contributed by atoms with Gasteiger partial charge in [-0.3, -0.25) is 4.79 Å². The largest absolute Gasteiger partial charge is 0.464 e. The van der Waals surface area contributed by atoms with Crippen LogP contribution >= 0.6 is 28.7 Å². The van der Waals surface area contributed by atoms with Crippen molar-refractivity contribution in [3.05, 3.63) is 0 Å². The van der Waals surface area contributed by atoms with Gasteiger partial charge in [0.05, 0.1) is 18.5 Å². The summed E-state index contributed by atoms with van der Waals surface area (Å²) in [5, 5.41) is -0.00421. The predicted octanol–water partition coefficient (Wildman–Crippen LogP) is 0.376. The number of esters is 1. The molecule has 0 aliphatic carbocycles. The first kappa shape index (κ1) is 15.7. The van der Waals surface area contributed by atoms with Gasteiger partial charge in [0.15, 0.2) is 0 Å². The number of halogens is 1. The highest BCUT2D eigenvalue weighted by Gasteiger charge is 2.39. The molecule has 1 rings (SSSR count). The summed E-state index contributed by atoms with van der Waals surface area (Å²) in [6.45, 7) is 3.90. The van der Waals surface area contributed by atoms with Gasteiger partial charge in [-0.25, -0.2) is 4.79 Å². The number of rotatable bonds is 3. The second-order valence-electron chi connectivity index (χ2n) is 3.21. The summed E-state index contributed by atoms with van der Waals surface area (Å²) in [5.74, 6) is 0.0489. The van der Waals surface area contributed by atoms with Crippen LogP contribution in [0.5, 0.6) is 0 Å². The fraction of sp³-hybridized carbons (Fsp3) is 0.778. The first-order valence-electron chi connectivity index (χ1n) is 4.91. The molecule has 2 N–H and O–H groups in total. The molecule has 7 heteroatoms. The zero-order valence-electron chi connectivity index (χ0n) is 9.34. The van der Waals surface area contributed by atoms with Crippen LogP contribution in [0, 0.1) is 0 Å². The van der Waals surface area contributed by atoms with Crippen LogP contribution < -0.4 is 5.73 Å². The van der Waals surface area contributed by atoms with Crippen molar-refractivity contribution in [2.24, 2.45) is 5.73 Å². The van der Waals surface area contributed by atoms with Crippen molar-refractivity contribution in [2.75, 3.05) is 18.9 Å². The highest BCUT2D eigenvalue weighted by atomic mass is 79.9. The van der Waals surface area contributed by atoms with Crippen LogP contribution in [0.4, 0.5) is 0 Å². The van der Waals surface area contributed by atoms with E-state index in [9.17, 15) is 9.59 Å². The summed E-state index contributed by atoms with van der Waals surface area (Å²) in [6, 6.07) is -0.471. The Morgan fingerprint density at radius 2 is 2.19 bits per heavy atom. The third kappa shape index (κ3) is 3.36. The van der Waals surface area contributed by atoms with Crippen LogP contribution in [0.25, 0.3) is 0 Å². The quantitative estimate of drug-likeness (QED) is 0.763. The normalized spacial score (nSPS) is 23.8. The van der Waals surface area contributed by atoms with Gasteiger partial charge < -0.3 is 15.4 Å². The van der Waals surface area contributed by atoms with Gasteiger partial charge in [-0.15, -0.1) is 28.7 Å². The standard InChI is InChI=1S/C9H16N2O3S.BrH/c1-3-14-9(13)7-5-15-6(2)11(7)8(12)4-10;/h6-7H,3-5,10H2,1-2H3;1H. The minimum Gasteiger partial charge on any atom is -0.464 e. The van der Waals surface area contributed by atoms with E-state index in [2.05, 4.69) is 0 Å². The van der Waals surface area contributed by atoms with Crippen LogP contribution in [0.2, 0.25) is 0 Å². The molecule has 1 amide bonds. The van der Waals surface area contributed by atoms with E-state index in [-0.39, 0.29) is 40.8 Å². The zero-order chi connectivity index (χ0) is 11.4. The first-order valence-corrected chi connectivity index (χ1v) is 5.96. The van der Waals surface area contributed by atoms with Crippen molar-refractivity contribution in [1.29, 1.82) is 0 Å². The minimum atomic E-state index is -0.471. The fourth-order valence-electron chi connectivity index (χ4n) is 1.55. The Hall–Kier alpha value is -0.270. The summed E-state index contributed by atoms with van der Waals surface area (Å²) >= 11 is 1.56. The molecule has 0 radical (unpaired) electrons. The highest BCUT2D eigenvalue weighted by Crippen LogP contribution is 2.29. The number of thioether (sulfide) groups is 1. The van der Waals surface area contributed by atoms with E-state index in [0.29, 0.717) is 12.4 Å². The molecule has 0 aromatic carbocycles. The average Bonchev–Trinajstić information content (AvgIpc) is 2.59. The third-order valence-corrected chi connectivity index (χ3v) is 3.46. The molecule has 1 aliphatic heterocycles. The summed E-state index contributed by atoms with van der Waals surface area (Å²) in [5.41, 5.74) is 5.30. The lowest BCUT2D eigenvalue weighted by molar-refractivity contribution is -0.153. The molecule has 1 heterocycles. The lowest BCUT2D eigenvalue weighted by Gasteiger charge is -2.25. The summed E-state index contributed by atoms with van der Waals surface area (Å²) < 4.78 is 4.91. The van der Waals surface area contributed by atoms with E-state index in [1.807, 2.05) is 6.92 Å². The molecule has 0 aromatic rings. The van der Waals surface area contributed by atoms with Crippen molar-refractivity contribution in [3.63, 3.8) is 0 Å². The molecule has 1 aliphatic rings. The highest BCUT2D eigenvalue weighted by molar-refractivity contribution is 8.93. The van der Waals surface area contributed by atoms with Crippen molar-refractivity contribution in [3.8, 4) is 0 Å². The second kappa shape index (κ2) is 7.13. The van der Waals surface area contributed by atoms with Crippen LogP contribution in [-0.2, 0) is 14.3 Å². The Balaban J connectivity index is 0.00000225. The molecule has 0 aromatic heterocycles. The van der Waals surface area contributed by atoms with Crippen molar-refractivity contribution >= 4 is 40.6 Å². The number of nitrogens with zero attached hydrogens (tertiary/aromatic N) is 1. The van der Waals surface area contributed by atoms with Gasteiger partial charge in [-0.2, -0.15) is 0 Å². The van der Waals surface area contributed by atoms with Gasteiger partial charge in [0.1, 0.15) is 6.04 Å². The number of nitrogens with two attached hydrogens (primary N) is 1. The maximum atomic E-state index is 11.6. The van der Waals surface area contributed by atoms with E-state index in [4.69, 9.17) is 10.5 Å². The molecule has 1 fully saturated rings. The summed E-state index contributed by atoms with van der Waals surface area (Å²) in [6.07, 6.45) is 0. The smallest absolute Gasteiger partial charge is 0.329 e. The molecule has 0 bridgehead atoms. The van der Waals surface area contributed by atoms with Crippen molar-refractivity contribution in [2.45, 2.75) is 25.3 Å². The predicted molar refractivity (Wildman–Crippen MR) is 68.6 cm³/mol. The molecule has 16 heavy (non-hydrogen) atoms. The molecular formula is C9H17BrN2O3S. The van der Waals surface area contributed by atoms with Gasteiger partial charge in [-0.05, 0) is 13.8 Å². The number of hydrogen-bond acceptors (Lipinski definition) is 5. The lowest BCUT2D eigenvalue weighted by atomic mass is 10.2. The second-order valence-corrected chi connectivity index (χ2v) is 4.55. The Kier molecular flexibility index (Phi) is 7.01. The zero-order valence-corrected chi connectivity index (χ0v) is 11.9. The van der Waals surface area contributed by atoms with Gasteiger partial charge in [-0.1, -0.05) is 0 Å². The van der Waals surface area contributed by atoms with Gasteiger partial charge in [0, 0.05) is 5.75 Å². The molecule has 2 unspecified atom stereocenters.